The summed E-state index contributed by atoms with van der Waals surface area (Å²) in [4.78, 5) is 4.54. The molecule has 0 fully saturated rings. The van der Waals surface area contributed by atoms with Crippen LogP contribution in [0, 0.1) is 13.8 Å². The number of rotatable bonds is 1. The highest BCUT2D eigenvalue weighted by molar-refractivity contribution is 9.10. The van der Waals surface area contributed by atoms with E-state index in [0.717, 1.165) is 27.1 Å². The first-order valence-electron chi connectivity index (χ1n) is 4.91. The molecule has 0 saturated carbocycles. The largest absolute Gasteiger partial charge is 0.323 e. The van der Waals surface area contributed by atoms with Crippen molar-refractivity contribution in [3.63, 3.8) is 0 Å². The van der Waals surface area contributed by atoms with Crippen LogP contribution < -0.4 is 5.73 Å². The van der Waals surface area contributed by atoms with Crippen LogP contribution in [0.4, 0.5) is 0 Å². The quantitative estimate of drug-likeness (QED) is 0.864. The topological polar surface area (TPSA) is 43.3 Å². The summed E-state index contributed by atoms with van der Waals surface area (Å²) in [6.07, 6.45) is 2.01. The SMILES string of the molecule is Cc1nc2c(C)cc(Br)cn2c1C(C)N. The van der Waals surface area contributed by atoms with Gasteiger partial charge in [0.2, 0.25) is 0 Å². The molecule has 0 aliphatic carbocycles. The monoisotopic (exact) mass is 267 g/mol. The van der Waals surface area contributed by atoms with Crippen molar-refractivity contribution in [2.45, 2.75) is 26.8 Å². The van der Waals surface area contributed by atoms with Crippen molar-refractivity contribution >= 4 is 21.6 Å². The number of pyridine rings is 1. The van der Waals surface area contributed by atoms with Gasteiger partial charge in [-0.05, 0) is 48.3 Å². The van der Waals surface area contributed by atoms with Crippen LogP contribution in [0.15, 0.2) is 16.7 Å². The molecule has 2 rings (SSSR count). The van der Waals surface area contributed by atoms with Crippen molar-refractivity contribution in [3.8, 4) is 0 Å². The minimum absolute atomic E-state index is 0.00583. The van der Waals surface area contributed by atoms with E-state index in [1.54, 1.807) is 0 Å². The van der Waals surface area contributed by atoms with Gasteiger partial charge in [-0.1, -0.05) is 0 Å². The zero-order chi connectivity index (χ0) is 11.2. The molecule has 1 unspecified atom stereocenters. The molecule has 0 amide bonds. The second kappa shape index (κ2) is 3.61. The van der Waals surface area contributed by atoms with Crippen molar-refractivity contribution in [1.29, 1.82) is 0 Å². The Morgan fingerprint density at radius 3 is 2.73 bits per heavy atom. The Kier molecular flexibility index (Phi) is 2.56. The first-order valence-corrected chi connectivity index (χ1v) is 5.70. The van der Waals surface area contributed by atoms with E-state index in [1.165, 1.54) is 0 Å². The van der Waals surface area contributed by atoms with Crippen LogP contribution in [0.1, 0.15) is 29.9 Å². The molecule has 4 heteroatoms. The standard InChI is InChI=1S/C11H14BrN3/c1-6-4-9(12)5-15-10(7(2)13)8(3)14-11(6)15/h4-5,7H,13H2,1-3H3. The Morgan fingerprint density at radius 1 is 1.47 bits per heavy atom. The van der Waals surface area contributed by atoms with Crippen LogP contribution in [0.25, 0.3) is 5.65 Å². The average molecular weight is 268 g/mol. The molecule has 0 aliphatic heterocycles. The van der Waals surface area contributed by atoms with Crippen LogP contribution in [0.2, 0.25) is 0 Å². The predicted octanol–water partition coefficient (Wildman–Crippen LogP) is 2.73. The minimum atomic E-state index is -0.00583. The summed E-state index contributed by atoms with van der Waals surface area (Å²) in [5.41, 5.74) is 10.2. The molecule has 1 atom stereocenters. The second-order valence-electron chi connectivity index (χ2n) is 3.91. The predicted molar refractivity (Wildman–Crippen MR) is 65.0 cm³/mol. The molecular weight excluding hydrogens is 254 g/mol. The lowest BCUT2D eigenvalue weighted by Crippen LogP contribution is -2.09. The van der Waals surface area contributed by atoms with E-state index in [0.29, 0.717) is 0 Å². The Balaban J connectivity index is 2.86. The normalized spacial score (nSPS) is 13.4. The van der Waals surface area contributed by atoms with Crippen molar-refractivity contribution in [2.24, 2.45) is 5.73 Å². The third kappa shape index (κ3) is 1.68. The summed E-state index contributed by atoms with van der Waals surface area (Å²) in [6, 6.07) is 2.06. The first kappa shape index (κ1) is 10.6. The highest BCUT2D eigenvalue weighted by atomic mass is 79.9. The molecule has 2 aromatic rings. The molecular formula is C11H14BrN3. The van der Waals surface area contributed by atoms with E-state index < -0.39 is 0 Å². The van der Waals surface area contributed by atoms with Crippen LogP contribution in [0.3, 0.4) is 0 Å². The van der Waals surface area contributed by atoms with Gasteiger partial charge in [-0.15, -0.1) is 0 Å². The molecule has 2 N–H and O–H groups in total. The zero-order valence-corrected chi connectivity index (χ0v) is 10.7. The number of nitrogens with zero attached hydrogens (tertiary/aromatic N) is 2. The Labute approximate surface area is 97.4 Å². The molecule has 0 spiro atoms. The van der Waals surface area contributed by atoms with Crippen LogP contribution in [0.5, 0.6) is 0 Å². The van der Waals surface area contributed by atoms with E-state index in [2.05, 4.69) is 38.3 Å². The lowest BCUT2D eigenvalue weighted by molar-refractivity contribution is 0.760. The maximum atomic E-state index is 5.95. The van der Waals surface area contributed by atoms with Gasteiger partial charge in [-0.25, -0.2) is 4.98 Å². The molecule has 0 aromatic carbocycles. The summed E-state index contributed by atoms with van der Waals surface area (Å²) in [7, 11) is 0. The van der Waals surface area contributed by atoms with Crippen LogP contribution in [-0.4, -0.2) is 9.38 Å². The van der Waals surface area contributed by atoms with E-state index in [9.17, 15) is 0 Å². The molecule has 0 aliphatic rings. The average Bonchev–Trinajstić information content (AvgIpc) is 2.41. The fourth-order valence-corrected chi connectivity index (χ4v) is 2.50. The number of imidazole rings is 1. The molecule has 0 bridgehead atoms. The number of aryl methyl sites for hydroxylation is 2. The molecule has 3 nitrogen and oxygen atoms in total. The zero-order valence-electron chi connectivity index (χ0n) is 9.08. The van der Waals surface area contributed by atoms with Gasteiger partial charge in [0.15, 0.2) is 0 Å². The smallest absolute Gasteiger partial charge is 0.140 e. The van der Waals surface area contributed by atoms with E-state index >= 15 is 0 Å². The highest BCUT2D eigenvalue weighted by Gasteiger charge is 2.13. The van der Waals surface area contributed by atoms with E-state index in [-0.39, 0.29) is 6.04 Å². The van der Waals surface area contributed by atoms with Gasteiger partial charge in [0, 0.05) is 16.7 Å². The highest BCUT2D eigenvalue weighted by Crippen LogP contribution is 2.23. The maximum absolute atomic E-state index is 5.95. The molecule has 0 radical (unpaired) electrons. The lowest BCUT2D eigenvalue weighted by atomic mass is 10.2. The Bertz CT molecular complexity index is 514. The van der Waals surface area contributed by atoms with Gasteiger partial charge in [0.25, 0.3) is 0 Å². The van der Waals surface area contributed by atoms with Gasteiger partial charge in [0.05, 0.1) is 11.4 Å². The molecule has 80 valence electrons. The molecule has 15 heavy (non-hydrogen) atoms. The van der Waals surface area contributed by atoms with Gasteiger partial charge in [-0.3, -0.25) is 0 Å². The Hall–Kier alpha value is -0.870. The molecule has 2 aromatic heterocycles. The second-order valence-corrected chi connectivity index (χ2v) is 4.82. The van der Waals surface area contributed by atoms with Gasteiger partial charge in [0.1, 0.15) is 5.65 Å². The van der Waals surface area contributed by atoms with Crippen molar-refractivity contribution in [3.05, 3.63) is 33.7 Å². The minimum Gasteiger partial charge on any atom is -0.323 e. The lowest BCUT2D eigenvalue weighted by Gasteiger charge is -2.07. The summed E-state index contributed by atoms with van der Waals surface area (Å²) < 4.78 is 3.12. The van der Waals surface area contributed by atoms with Crippen molar-refractivity contribution in [1.82, 2.24) is 9.38 Å². The van der Waals surface area contributed by atoms with Crippen molar-refractivity contribution in [2.75, 3.05) is 0 Å². The molecule has 2 heterocycles. The van der Waals surface area contributed by atoms with Crippen molar-refractivity contribution < 1.29 is 0 Å². The van der Waals surface area contributed by atoms with Crippen LogP contribution in [-0.2, 0) is 0 Å². The third-order valence-electron chi connectivity index (χ3n) is 2.52. The van der Waals surface area contributed by atoms with E-state index in [1.807, 2.05) is 20.0 Å². The summed E-state index contributed by atoms with van der Waals surface area (Å²) in [5.74, 6) is 0. The van der Waals surface area contributed by atoms with E-state index in [4.69, 9.17) is 5.73 Å². The number of hydrogen-bond donors (Lipinski definition) is 1. The Morgan fingerprint density at radius 2 is 2.13 bits per heavy atom. The fourth-order valence-electron chi connectivity index (χ4n) is 1.95. The number of aromatic nitrogens is 2. The third-order valence-corrected chi connectivity index (χ3v) is 2.96. The molecule has 0 saturated heterocycles. The summed E-state index contributed by atoms with van der Waals surface area (Å²) in [5, 5.41) is 0. The fraction of sp³-hybridized carbons (Fsp3) is 0.364. The van der Waals surface area contributed by atoms with Crippen LogP contribution >= 0.6 is 15.9 Å². The van der Waals surface area contributed by atoms with Gasteiger partial charge in [-0.2, -0.15) is 0 Å². The maximum Gasteiger partial charge on any atom is 0.140 e. The first-order chi connectivity index (χ1) is 7.00. The summed E-state index contributed by atoms with van der Waals surface area (Å²) >= 11 is 3.49. The van der Waals surface area contributed by atoms with Gasteiger partial charge >= 0.3 is 0 Å². The number of nitrogens with two attached hydrogens (primary N) is 1. The number of halogens is 1. The van der Waals surface area contributed by atoms with Gasteiger partial charge < -0.3 is 10.1 Å². The number of hydrogen-bond acceptors (Lipinski definition) is 2. The summed E-state index contributed by atoms with van der Waals surface area (Å²) in [6.45, 7) is 6.03. The number of fused-ring (bicyclic) bond motifs is 1.